The molecule has 3 aromatic rings. The SMILES string of the molecule is CCC(C)(C)c1cc2c(c(C(C)(C)CC)c1)OP(Oc1c(C(C)(C)CC)cc(C(C)(C)CC)cc1C(C)(C)CC)Oc1c(cc(C(C)(C)CC)cc1C(C)(C)CC)C2C. The van der Waals surface area contributed by atoms with Crippen LogP contribution in [0, 0.1) is 0 Å². The van der Waals surface area contributed by atoms with Crippen molar-refractivity contribution in [3.05, 3.63) is 86.5 Å². The van der Waals surface area contributed by atoms with E-state index in [4.69, 9.17) is 13.6 Å². The van der Waals surface area contributed by atoms with E-state index >= 15 is 0 Å². The maximum atomic E-state index is 7.64. The molecule has 3 nitrogen and oxygen atoms in total. The third-order valence-corrected chi connectivity index (χ3v) is 17.2. The first-order chi connectivity index (χ1) is 27.0. The Bertz CT molecular complexity index is 1830. The van der Waals surface area contributed by atoms with Gasteiger partial charge in [0, 0.05) is 39.3 Å². The van der Waals surface area contributed by atoms with Gasteiger partial charge in [-0.15, -0.1) is 0 Å². The maximum Gasteiger partial charge on any atom is 0.530 e. The Morgan fingerprint density at radius 1 is 0.407 bits per heavy atom. The number of benzene rings is 3. The van der Waals surface area contributed by atoms with Crippen LogP contribution in [0.4, 0.5) is 0 Å². The van der Waals surface area contributed by atoms with E-state index in [1.807, 2.05) is 0 Å². The number of hydrogen-bond acceptors (Lipinski definition) is 3. The van der Waals surface area contributed by atoms with Crippen LogP contribution in [0.2, 0.25) is 0 Å². The van der Waals surface area contributed by atoms with Gasteiger partial charge in [-0.05, 0) is 99.5 Å². The quantitative estimate of drug-likeness (QED) is 0.135. The minimum absolute atomic E-state index is 0.00699. The van der Waals surface area contributed by atoms with Crippen molar-refractivity contribution in [1.29, 1.82) is 0 Å². The summed E-state index contributed by atoms with van der Waals surface area (Å²) in [5, 5.41) is 0. The first-order valence-corrected chi connectivity index (χ1v) is 24.5. The second kappa shape index (κ2) is 17.3. The zero-order valence-corrected chi connectivity index (χ0v) is 43.1. The van der Waals surface area contributed by atoms with Crippen molar-refractivity contribution in [2.24, 2.45) is 0 Å². The van der Waals surface area contributed by atoms with Crippen LogP contribution in [0.3, 0.4) is 0 Å². The lowest BCUT2D eigenvalue weighted by Crippen LogP contribution is -2.27. The number of rotatable bonds is 16. The van der Waals surface area contributed by atoms with Crippen molar-refractivity contribution >= 4 is 8.60 Å². The van der Waals surface area contributed by atoms with Crippen molar-refractivity contribution in [2.45, 2.75) is 241 Å². The Labute approximate surface area is 365 Å². The van der Waals surface area contributed by atoms with Gasteiger partial charge in [-0.2, -0.15) is 0 Å². The third-order valence-electron chi connectivity index (χ3n) is 16.2. The molecule has 0 atom stereocenters. The van der Waals surface area contributed by atoms with Crippen LogP contribution in [0.15, 0.2) is 36.4 Å². The van der Waals surface area contributed by atoms with Gasteiger partial charge in [0.1, 0.15) is 17.2 Å². The van der Waals surface area contributed by atoms with Crippen LogP contribution in [0.5, 0.6) is 17.2 Å². The van der Waals surface area contributed by atoms with Crippen LogP contribution in [-0.4, -0.2) is 0 Å². The van der Waals surface area contributed by atoms with Crippen molar-refractivity contribution < 1.29 is 13.6 Å². The van der Waals surface area contributed by atoms with Gasteiger partial charge < -0.3 is 13.6 Å². The Balaban J connectivity index is 2.26. The monoisotopic (exact) mass is 827 g/mol. The molecule has 0 spiro atoms. The molecule has 1 aliphatic heterocycles. The molecule has 0 saturated carbocycles. The van der Waals surface area contributed by atoms with Gasteiger partial charge in [0.05, 0.1) is 0 Å². The lowest BCUT2D eigenvalue weighted by atomic mass is 9.71. The van der Waals surface area contributed by atoms with E-state index in [1.165, 1.54) is 50.1 Å². The minimum atomic E-state index is -1.98. The second-order valence-corrected chi connectivity index (χ2v) is 23.7. The van der Waals surface area contributed by atoms with E-state index in [-0.39, 0.29) is 43.8 Å². The Kier molecular flexibility index (Phi) is 14.4. The highest BCUT2D eigenvalue weighted by molar-refractivity contribution is 7.43. The average Bonchev–Trinajstić information content (AvgIpc) is 3.19. The molecule has 4 rings (SSSR count). The Morgan fingerprint density at radius 3 is 0.949 bits per heavy atom. The average molecular weight is 827 g/mol. The first-order valence-electron chi connectivity index (χ1n) is 23.5. The predicted molar refractivity (Wildman–Crippen MR) is 259 cm³/mol. The number of hydrogen-bond donors (Lipinski definition) is 0. The normalized spacial score (nSPS) is 17.1. The highest BCUT2D eigenvalue weighted by Crippen LogP contribution is 2.58. The fourth-order valence-electron chi connectivity index (χ4n) is 7.88. The summed E-state index contributed by atoms with van der Waals surface area (Å²) in [6.45, 7) is 51.8. The fourth-order valence-corrected chi connectivity index (χ4v) is 9.04. The Hall–Kier alpha value is -2.51. The van der Waals surface area contributed by atoms with Gasteiger partial charge in [0.25, 0.3) is 0 Å². The molecule has 0 radical (unpaired) electrons. The molecule has 4 heteroatoms. The molecule has 0 fully saturated rings. The van der Waals surface area contributed by atoms with E-state index < -0.39 is 8.60 Å². The topological polar surface area (TPSA) is 27.7 Å². The summed E-state index contributed by atoms with van der Waals surface area (Å²) in [6.07, 6.45) is 7.05. The standard InChI is InChI=1S/C55H87O3P/c1-23-49(9,10)37-30-40-36(8)41-31-38(50(11,12)24-2)33-43(53(17,18)27-5)47(41)57-59(56-46(40)42(32-37)52(15,16)26-4)58-48-44(54(19,20)28-6)34-39(51(13,14)25-3)35-45(48)55(21,22)29-7/h30-36H,23-29H2,1-22H3. The van der Waals surface area contributed by atoms with Crippen LogP contribution in [-0.2, 0) is 37.9 Å². The Morgan fingerprint density at radius 2 is 0.661 bits per heavy atom. The molecule has 0 amide bonds. The highest BCUT2D eigenvalue weighted by Gasteiger charge is 2.42. The maximum absolute atomic E-state index is 7.64. The van der Waals surface area contributed by atoms with Crippen molar-refractivity contribution in [2.75, 3.05) is 0 Å². The molecule has 330 valence electrons. The molecule has 0 saturated heterocycles. The van der Waals surface area contributed by atoms with Crippen LogP contribution in [0.1, 0.15) is 253 Å². The van der Waals surface area contributed by atoms with Crippen molar-refractivity contribution in [3.8, 4) is 17.2 Å². The van der Waals surface area contributed by atoms with E-state index in [0.717, 1.165) is 62.2 Å². The minimum Gasteiger partial charge on any atom is -0.408 e. The van der Waals surface area contributed by atoms with E-state index in [0.29, 0.717) is 0 Å². The molecule has 0 aliphatic carbocycles. The summed E-state index contributed by atoms with van der Waals surface area (Å²) in [5.74, 6) is 2.83. The molecule has 0 bridgehead atoms. The third kappa shape index (κ3) is 9.62. The van der Waals surface area contributed by atoms with Gasteiger partial charge in [0.15, 0.2) is 0 Å². The van der Waals surface area contributed by atoms with Crippen LogP contribution >= 0.6 is 8.60 Å². The molecule has 0 N–H and O–H groups in total. The number of fused-ring (bicyclic) bond motifs is 2. The van der Waals surface area contributed by atoms with Crippen molar-refractivity contribution in [3.63, 3.8) is 0 Å². The summed E-state index contributed by atoms with van der Waals surface area (Å²) in [5.41, 5.74) is 10.9. The van der Waals surface area contributed by atoms with Gasteiger partial charge in [0.2, 0.25) is 0 Å². The lowest BCUT2D eigenvalue weighted by molar-refractivity contribution is 0.349. The zero-order valence-electron chi connectivity index (χ0n) is 42.2. The molecular weight excluding hydrogens is 740 g/mol. The van der Waals surface area contributed by atoms with E-state index in [1.54, 1.807) is 0 Å². The molecule has 1 aliphatic rings. The summed E-state index contributed by atoms with van der Waals surface area (Å²) >= 11 is 0. The zero-order chi connectivity index (χ0) is 44.9. The van der Waals surface area contributed by atoms with Gasteiger partial charge in [-0.1, -0.05) is 189 Å². The van der Waals surface area contributed by atoms with Crippen LogP contribution in [0.25, 0.3) is 0 Å². The van der Waals surface area contributed by atoms with Gasteiger partial charge in [-0.25, -0.2) is 0 Å². The van der Waals surface area contributed by atoms with Crippen LogP contribution < -0.4 is 13.6 Å². The van der Waals surface area contributed by atoms with Gasteiger partial charge in [-0.3, -0.25) is 0 Å². The van der Waals surface area contributed by atoms with Gasteiger partial charge >= 0.3 is 8.60 Å². The highest BCUT2D eigenvalue weighted by atomic mass is 31.2. The summed E-state index contributed by atoms with van der Waals surface area (Å²) in [7, 11) is -1.98. The predicted octanol–water partition coefficient (Wildman–Crippen LogP) is 17.7. The van der Waals surface area contributed by atoms with E-state index in [2.05, 4.69) is 189 Å². The summed E-state index contributed by atoms with van der Waals surface area (Å²) < 4.78 is 22.7. The molecule has 1 heterocycles. The summed E-state index contributed by atoms with van der Waals surface area (Å²) in [6, 6.07) is 14.8. The lowest BCUT2D eigenvalue weighted by Gasteiger charge is -2.39. The first kappa shape index (κ1) is 49.1. The molecule has 59 heavy (non-hydrogen) atoms. The smallest absolute Gasteiger partial charge is 0.408 e. The molecule has 3 aromatic carbocycles. The van der Waals surface area contributed by atoms with E-state index in [9.17, 15) is 0 Å². The second-order valence-electron chi connectivity index (χ2n) is 22.7. The largest absolute Gasteiger partial charge is 0.530 e. The molecular formula is C55H87O3P. The fraction of sp³-hybridized carbons (Fsp3) is 0.673. The summed E-state index contributed by atoms with van der Waals surface area (Å²) in [4.78, 5) is 0. The molecule has 0 unspecified atom stereocenters. The van der Waals surface area contributed by atoms with Crippen molar-refractivity contribution in [1.82, 2.24) is 0 Å². The molecule has 0 aromatic heterocycles.